The van der Waals surface area contributed by atoms with Gasteiger partial charge in [0.15, 0.2) is 0 Å². The highest BCUT2D eigenvalue weighted by Gasteiger charge is 2.43. The van der Waals surface area contributed by atoms with Crippen molar-refractivity contribution in [1.29, 1.82) is 0 Å². The van der Waals surface area contributed by atoms with E-state index in [2.05, 4.69) is 0 Å². The quantitative estimate of drug-likeness (QED) is 0.428. The van der Waals surface area contributed by atoms with Gasteiger partial charge < -0.3 is 0 Å². The van der Waals surface area contributed by atoms with Crippen LogP contribution in [0.1, 0.15) is 12.8 Å². The predicted octanol–water partition coefficient (Wildman–Crippen LogP) is 1.79. The van der Waals surface area contributed by atoms with Crippen LogP contribution >= 0.6 is 0 Å². The second kappa shape index (κ2) is 2.48. The molecule has 0 saturated heterocycles. The van der Waals surface area contributed by atoms with Gasteiger partial charge in [0.1, 0.15) is 6.29 Å². The summed E-state index contributed by atoms with van der Waals surface area (Å²) in [4.78, 5) is 9.74. The number of hydrogen-bond acceptors (Lipinski definition) is 1. The van der Waals surface area contributed by atoms with E-state index < -0.39 is 5.92 Å². The first kappa shape index (κ1) is 7.38. The van der Waals surface area contributed by atoms with Crippen molar-refractivity contribution in [2.45, 2.75) is 18.8 Å². The lowest BCUT2D eigenvalue weighted by atomic mass is 9.81. The Kier molecular flexibility index (Phi) is 1.83. The number of carbonyl (C=O) groups excluding carboxylic acids is 1. The third-order valence-corrected chi connectivity index (χ3v) is 1.58. The van der Waals surface area contributed by atoms with E-state index in [1.165, 1.54) is 12.2 Å². The standard InChI is InChI=1S/C7H8F2O/c8-7(9)4-6(5-7)2-1-3-10/h1-3,6H,4-5H2/b2-1+. The first-order chi connectivity index (χ1) is 4.64. The van der Waals surface area contributed by atoms with Crippen molar-refractivity contribution in [3.05, 3.63) is 12.2 Å². The molecule has 3 heteroatoms. The highest BCUT2D eigenvalue weighted by Crippen LogP contribution is 2.42. The number of carbonyl (C=O) groups is 1. The zero-order chi connectivity index (χ0) is 7.61. The Morgan fingerprint density at radius 2 is 2.00 bits per heavy atom. The van der Waals surface area contributed by atoms with Crippen LogP contribution in [0.4, 0.5) is 8.78 Å². The van der Waals surface area contributed by atoms with E-state index in [9.17, 15) is 13.6 Å². The number of hydrogen-bond donors (Lipinski definition) is 0. The van der Waals surface area contributed by atoms with Crippen molar-refractivity contribution < 1.29 is 13.6 Å². The van der Waals surface area contributed by atoms with Gasteiger partial charge in [-0.3, -0.25) is 4.79 Å². The van der Waals surface area contributed by atoms with Gasteiger partial charge in [-0.2, -0.15) is 0 Å². The van der Waals surface area contributed by atoms with Crippen molar-refractivity contribution in [2.24, 2.45) is 5.92 Å². The summed E-state index contributed by atoms with van der Waals surface area (Å²) in [6.07, 6.45) is 3.22. The van der Waals surface area contributed by atoms with Gasteiger partial charge in [0.05, 0.1) is 0 Å². The highest BCUT2D eigenvalue weighted by molar-refractivity contribution is 5.64. The molecule has 0 heterocycles. The van der Waals surface area contributed by atoms with Crippen molar-refractivity contribution in [1.82, 2.24) is 0 Å². The number of aldehydes is 1. The summed E-state index contributed by atoms with van der Waals surface area (Å²) in [6, 6.07) is 0. The fourth-order valence-corrected chi connectivity index (χ4v) is 1.05. The van der Waals surface area contributed by atoms with Gasteiger partial charge in [-0.1, -0.05) is 6.08 Å². The van der Waals surface area contributed by atoms with Gasteiger partial charge in [-0.25, -0.2) is 8.78 Å². The Morgan fingerprint density at radius 3 is 2.40 bits per heavy atom. The van der Waals surface area contributed by atoms with Crippen molar-refractivity contribution in [3.63, 3.8) is 0 Å². The molecule has 1 rings (SSSR count). The first-order valence-electron chi connectivity index (χ1n) is 3.14. The monoisotopic (exact) mass is 146 g/mol. The minimum absolute atomic E-state index is 0.0831. The number of alkyl halides is 2. The summed E-state index contributed by atoms with van der Waals surface area (Å²) in [5, 5.41) is 0. The van der Waals surface area contributed by atoms with E-state index in [-0.39, 0.29) is 18.8 Å². The van der Waals surface area contributed by atoms with Crippen LogP contribution in [-0.2, 0) is 4.79 Å². The largest absolute Gasteiger partial charge is 0.299 e. The normalized spacial score (nSPS) is 24.6. The SMILES string of the molecule is O=C/C=C/C1CC(F)(F)C1. The summed E-state index contributed by atoms with van der Waals surface area (Å²) < 4.78 is 24.2. The maximum Gasteiger partial charge on any atom is 0.249 e. The first-order valence-corrected chi connectivity index (χ1v) is 3.14. The van der Waals surface area contributed by atoms with Gasteiger partial charge in [0.2, 0.25) is 5.92 Å². The van der Waals surface area contributed by atoms with Crippen LogP contribution in [0.15, 0.2) is 12.2 Å². The number of rotatable bonds is 2. The molecule has 1 nitrogen and oxygen atoms in total. The molecule has 0 aromatic carbocycles. The summed E-state index contributed by atoms with van der Waals surface area (Å²) in [6.45, 7) is 0. The average molecular weight is 146 g/mol. The van der Waals surface area contributed by atoms with E-state index in [4.69, 9.17) is 0 Å². The lowest BCUT2D eigenvalue weighted by Gasteiger charge is -2.32. The predicted molar refractivity (Wildman–Crippen MR) is 32.9 cm³/mol. The van der Waals surface area contributed by atoms with E-state index >= 15 is 0 Å². The molecule has 10 heavy (non-hydrogen) atoms. The van der Waals surface area contributed by atoms with Crippen molar-refractivity contribution >= 4 is 6.29 Å². The van der Waals surface area contributed by atoms with Gasteiger partial charge in [-0.15, -0.1) is 0 Å². The molecule has 0 amide bonds. The maximum absolute atomic E-state index is 12.1. The molecule has 0 unspecified atom stereocenters. The van der Waals surface area contributed by atoms with Gasteiger partial charge >= 0.3 is 0 Å². The molecule has 1 aliphatic carbocycles. The summed E-state index contributed by atoms with van der Waals surface area (Å²) in [7, 11) is 0. The Bertz CT molecular complexity index is 155. The van der Waals surface area contributed by atoms with Crippen LogP contribution in [0.5, 0.6) is 0 Å². The lowest BCUT2D eigenvalue weighted by molar-refractivity contribution is -0.105. The average Bonchev–Trinajstić information content (AvgIpc) is 1.78. The molecule has 0 aromatic rings. The zero-order valence-electron chi connectivity index (χ0n) is 5.39. The minimum atomic E-state index is -2.47. The minimum Gasteiger partial charge on any atom is -0.299 e. The maximum atomic E-state index is 12.1. The van der Waals surface area contributed by atoms with Crippen molar-refractivity contribution in [2.75, 3.05) is 0 Å². The van der Waals surface area contributed by atoms with Crippen LogP contribution in [0, 0.1) is 5.92 Å². The highest BCUT2D eigenvalue weighted by atomic mass is 19.3. The van der Waals surface area contributed by atoms with E-state index in [1.54, 1.807) is 0 Å². The smallest absolute Gasteiger partial charge is 0.249 e. The van der Waals surface area contributed by atoms with E-state index in [0.29, 0.717) is 6.29 Å². The molecule has 56 valence electrons. The molecule has 0 spiro atoms. The van der Waals surface area contributed by atoms with Gasteiger partial charge in [0.25, 0.3) is 0 Å². The van der Waals surface area contributed by atoms with Crippen LogP contribution in [-0.4, -0.2) is 12.2 Å². The molecule has 0 atom stereocenters. The topological polar surface area (TPSA) is 17.1 Å². The van der Waals surface area contributed by atoms with Gasteiger partial charge in [0, 0.05) is 12.8 Å². The van der Waals surface area contributed by atoms with Crippen molar-refractivity contribution in [3.8, 4) is 0 Å². The molecule has 0 radical (unpaired) electrons. The van der Waals surface area contributed by atoms with Crippen LogP contribution in [0.2, 0.25) is 0 Å². The molecule has 0 bridgehead atoms. The summed E-state index contributed by atoms with van der Waals surface area (Å²) in [5.74, 6) is -2.56. The third kappa shape index (κ3) is 1.62. The molecule has 1 aliphatic rings. The third-order valence-electron chi connectivity index (χ3n) is 1.58. The fraction of sp³-hybridized carbons (Fsp3) is 0.571. The second-order valence-electron chi connectivity index (χ2n) is 2.55. The molecule has 0 aromatic heterocycles. The Labute approximate surface area is 57.7 Å². The van der Waals surface area contributed by atoms with Crippen LogP contribution in [0.25, 0.3) is 0 Å². The molecule has 0 aliphatic heterocycles. The summed E-state index contributed by atoms with van der Waals surface area (Å²) in [5.41, 5.74) is 0. The molecule has 1 fully saturated rings. The Hall–Kier alpha value is -0.730. The molecule has 0 N–H and O–H groups in total. The molecule has 1 saturated carbocycles. The number of halogens is 2. The lowest BCUT2D eigenvalue weighted by Crippen LogP contribution is -2.34. The Morgan fingerprint density at radius 1 is 1.40 bits per heavy atom. The molecular formula is C7H8F2O. The van der Waals surface area contributed by atoms with Crippen LogP contribution in [0.3, 0.4) is 0 Å². The number of allylic oxidation sites excluding steroid dienone is 2. The van der Waals surface area contributed by atoms with E-state index in [0.717, 1.165) is 0 Å². The summed E-state index contributed by atoms with van der Waals surface area (Å²) >= 11 is 0. The fourth-order valence-electron chi connectivity index (χ4n) is 1.05. The zero-order valence-corrected chi connectivity index (χ0v) is 5.39. The van der Waals surface area contributed by atoms with E-state index in [1.807, 2.05) is 0 Å². The van der Waals surface area contributed by atoms with Crippen LogP contribution < -0.4 is 0 Å². The Balaban J connectivity index is 2.26. The second-order valence-corrected chi connectivity index (χ2v) is 2.55. The molecular weight excluding hydrogens is 138 g/mol. The van der Waals surface area contributed by atoms with Gasteiger partial charge in [-0.05, 0) is 12.0 Å².